The van der Waals surface area contributed by atoms with Crippen molar-refractivity contribution >= 4 is 5.91 Å². The molecule has 1 amide bonds. The van der Waals surface area contributed by atoms with E-state index in [0.717, 1.165) is 35.7 Å². The number of aromatic nitrogens is 2. The molecule has 0 saturated carbocycles. The summed E-state index contributed by atoms with van der Waals surface area (Å²) < 4.78 is 7.77. The Balaban J connectivity index is 1.95. The molecule has 1 aliphatic heterocycles. The van der Waals surface area contributed by atoms with Crippen LogP contribution in [0.5, 0.6) is 5.75 Å². The average molecular weight is 370 g/mol. The van der Waals surface area contributed by atoms with Crippen molar-refractivity contribution in [1.29, 1.82) is 0 Å². The second-order valence-corrected chi connectivity index (χ2v) is 7.94. The third-order valence-corrected chi connectivity index (χ3v) is 5.32. The van der Waals surface area contributed by atoms with E-state index in [4.69, 9.17) is 4.74 Å². The lowest BCUT2D eigenvalue weighted by Gasteiger charge is -2.27. The number of hydrogen-bond acceptors (Lipinski definition) is 3. The maximum atomic E-state index is 12.7. The van der Waals surface area contributed by atoms with Gasteiger partial charge in [0.1, 0.15) is 11.6 Å². The van der Waals surface area contributed by atoms with Gasteiger partial charge in [0.15, 0.2) is 0 Å². The Morgan fingerprint density at radius 3 is 2.96 bits per heavy atom. The molecule has 2 heterocycles. The Morgan fingerprint density at radius 2 is 2.22 bits per heavy atom. The Kier molecular flexibility index (Phi) is 6.19. The molecule has 1 aliphatic rings. The third-order valence-electron chi connectivity index (χ3n) is 5.32. The van der Waals surface area contributed by atoms with Crippen LogP contribution in [0.15, 0.2) is 30.5 Å². The maximum absolute atomic E-state index is 12.7. The number of nitrogens with zero attached hydrogens (tertiary/aromatic N) is 2. The van der Waals surface area contributed by atoms with Crippen molar-refractivity contribution in [2.75, 3.05) is 13.7 Å². The van der Waals surface area contributed by atoms with Gasteiger partial charge in [0.05, 0.1) is 7.11 Å². The minimum atomic E-state index is -0.0333. The third kappa shape index (κ3) is 4.52. The monoisotopic (exact) mass is 369 g/mol. The van der Waals surface area contributed by atoms with Gasteiger partial charge in [-0.3, -0.25) is 4.79 Å². The van der Waals surface area contributed by atoms with Gasteiger partial charge in [-0.1, -0.05) is 26.0 Å². The van der Waals surface area contributed by atoms with Crippen LogP contribution in [0.25, 0.3) is 0 Å². The van der Waals surface area contributed by atoms with E-state index in [9.17, 15) is 4.79 Å². The minimum Gasteiger partial charge on any atom is -0.497 e. The van der Waals surface area contributed by atoms with E-state index in [2.05, 4.69) is 41.7 Å². The van der Waals surface area contributed by atoms with Crippen molar-refractivity contribution in [3.8, 4) is 5.75 Å². The highest BCUT2D eigenvalue weighted by Crippen LogP contribution is 2.35. The molecule has 5 heteroatoms. The normalized spacial score (nSPS) is 17.4. The number of carbonyl (C=O) groups is 1. The Hall–Kier alpha value is -2.30. The highest BCUT2D eigenvalue weighted by Gasteiger charge is 2.27. The highest BCUT2D eigenvalue weighted by atomic mass is 16.5. The van der Waals surface area contributed by atoms with Crippen LogP contribution in [0.3, 0.4) is 0 Å². The maximum Gasteiger partial charge on any atom is 0.221 e. The van der Waals surface area contributed by atoms with Gasteiger partial charge in [-0.25, -0.2) is 4.98 Å². The van der Waals surface area contributed by atoms with Crippen LogP contribution in [0.2, 0.25) is 0 Å². The van der Waals surface area contributed by atoms with Crippen LogP contribution >= 0.6 is 0 Å². The quantitative estimate of drug-likeness (QED) is 0.800. The van der Waals surface area contributed by atoms with Crippen LogP contribution in [0.1, 0.15) is 69.1 Å². The fourth-order valence-electron chi connectivity index (χ4n) is 3.88. The molecular weight excluding hydrogens is 338 g/mol. The van der Waals surface area contributed by atoms with Crippen molar-refractivity contribution in [2.45, 2.75) is 58.4 Å². The number of imidazole rings is 1. The van der Waals surface area contributed by atoms with Gasteiger partial charge in [-0.2, -0.15) is 0 Å². The smallest absolute Gasteiger partial charge is 0.221 e. The Morgan fingerprint density at radius 1 is 1.41 bits per heavy atom. The summed E-state index contributed by atoms with van der Waals surface area (Å²) >= 11 is 0. The van der Waals surface area contributed by atoms with Crippen molar-refractivity contribution in [1.82, 2.24) is 14.9 Å². The number of hydrogen-bond donors (Lipinski definition) is 1. The standard InChI is InChI=1S/C22H31N3O2/c1-15(2)13-24-22(26)12-19(17-8-6-9-18(11-17)27-4)20-14-23-21-10-5-7-16(3)25(20)21/h6,8-9,11,14-16,19H,5,7,10,12-13H2,1-4H3,(H,24,26). The lowest BCUT2D eigenvalue weighted by Crippen LogP contribution is -2.29. The van der Waals surface area contributed by atoms with Crippen LogP contribution < -0.4 is 10.1 Å². The van der Waals surface area contributed by atoms with Crippen molar-refractivity contribution < 1.29 is 9.53 Å². The molecule has 2 unspecified atom stereocenters. The zero-order valence-electron chi connectivity index (χ0n) is 16.9. The topological polar surface area (TPSA) is 56.1 Å². The van der Waals surface area contributed by atoms with Crippen molar-refractivity contribution in [3.63, 3.8) is 0 Å². The number of amides is 1. The van der Waals surface area contributed by atoms with Crippen molar-refractivity contribution in [3.05, 3.63) is 47.5 Å². The first-order chi connectivity index (χ1) is 13.0. The first-order valence-electron chi connectivity index (χ1n) is 9.96. The molecule has 0 radical (unpaired) electrons. The summed E-state index contributed by atoms with van der Waals surface area (Å²) in [6.45, 7) is 7.16. The van der Waals surface area contributed by atoms with Gasteiger partial charge in [0.2, 0.25) is 5.91 Å². The van der Waals surface area contributed by atoms with Gasteiger partial charge in [-0.05, 0) is 43.4 Å². The summed E-state index contributed by atoms with van der Waals surface area (Å²) in [6, 6.07) is 8.46. The summed E-state index contributed by atoms with van der Waals surface area (Å²) in [4.78, 5) is 17.3. The van der Waals surface area contributed by atoms with E-state index in [-0.39, 0.29) is 11.8 Å². The van der Waals surface area contributed by atoms with Gasteiger partial charge in [0.25, 0.3) is 0 Å². The summed E-state index contributed by atoms with van der Waals surface area (Å²) in [7, 11) is 1.67. The fourth-order valence-corrected chi connectivity index (χ4v) is 3.88. The fraction of sp³-hybridized carbons (Fsp3) is 0.545. The van der Waals surface area contributed by atoms with Gasteiger partial charge in [0, 0.05) is 43.2 Å². The first kappa shape index (κ1) is 19.5. The molecule has 0 saturated heterocycles. The van der Waals surface area contributed by atoms with Crippen molar-refractivity contribution in [2.24, 2.45) is 5.92 Å². The lowest BCUT2D eigenvalue weighted by molar-refractivity contribution is -0.121. The van der Waals surface area contributed by atoms with Gasteiger partial charge in [-0.15, -0.1) is 0 Å². The summed E-state index contributed by atoms with van der Waals surface area (Å²) in [5, 5.41) is 3.06. The molecule has 1 N–H and O–H groups in total. The number of benzene rings is 1. The van der Waals surface area contributed by atoms with Crippen LogP contribution in [-0.4, -0.2) is 29.1 Å². The molecule has 0 bridgehead atoms. The predicted octanol–water partition coefficient (Wildman–Crippen LogP) is 4.08. The van der Waals surface area contributed by atoms with E-state index >= 15 is 0 Å². The molecule has 0 aliphatic carbocycles. The number of nitrogens with one attached hydrogen (secondary N) is 1. The average Bonchev–Trinajstić information content (AvgIpc) is 3.09. The molecule has 5 nitrogen and oxygen atoms in total. The SMILES string of the molecule is COc1cccc(C(CC(=O)NCC(C)C)c2cnc3n2C(C)CCC3)c1. The second kappa shape index (κ2) is 8.59. The number of ether oxygens (including phenoxy) is 1. The van der Waals surface area contributed by atoms with Gasteiger partial charge < -0.3 is 14.6 Å². The zero-order valence-corrected chi connectivity index (χ0v) is 16.9. The van der Waals surface area contributed by atoms with Crippen LogP contribution in [0.4, 0.5) is 0 Å². The van der Waals surface area contributed by atoms with Gasteiger partial charge >= 0.3 is 0 Å². The molecular formula is C22H31N3O2. The zero-order chi connectivity index (χ0) is 19.4. The predicted molar refractivity (Wildman–Crippen MR) is 107 cm³/mol. The molecule has 146 valence electrons. The van der Waals surface area contributed by atoms with Crippen LogP contribution in [0, 0.1) is 5.92 Å². The largest absolute Gasteiger partial charge is 0.497 e. The summed E-state index contributed by atoms with van der Waals surface area (Å²) in [5.74, 6) is 2.43. The summed E-state index contributed by atoms with van der Waals surface area (Å²) in [6.07, 6.45) is 5.72. The minimum absolute atomic E-state index is 0.0333. The molecule has 1 aromatic heterocycles. The van der Waals surface area contributed by atoms with Crippen LogP contribution in [-0.2, 0) is 11.2 Å². The lowest BCUT2D eigenvalue weighted by atomic mass is 9.91. The molecule has 1 aromatic carbocycles. The van der Waals surface area contributed by atoms with E-state index in [1.54, 1.807) is 7.11 Å². The highest BCUT2D eigenvalue weighted by molar-refractivity contribution is 5.77. The summed E-state index contributed by atoms with van der Waals surface area (Å²) in [5.41, 5.74) is 2.22. The Labute approximate surface area is 162 Å². The molecule has 2 atom stereocenters. The molecule has 27 heavy (non-hydrogen) atoms. The number of rotatable bonds is 7. The van der Waals surface area contributed by atoms with E-state index < -0.39 is 0 Å². The van der Waals surface area contributed by atoms with E-state index in [1.165, 1.54) is 6.42 Å². The Bertz CT molecular complexity index is 782. The van der Waals surface area contributed by atoms with E-state index in [1.807, 2.05) is 24.4 Å². The van der Waals surface area contributed by atoms with E-state index in [0.29, 0.717) is 24.9 Å². The number of fused-ring (bicyclic) bond motifs is 1. The molecule has 0 spiro atoms. The second-order valence-electron chi connectivity index (χ2n) is 7.94. The number of aryl methyl sites for hydroxylation is 1. The molecule has 2 aromatic rings. The number of carbonyl (C=O) groups excluding carboxylic acids is 1. The number of methoxy groups -OCH3 is 1. The first-order valence-corrected chi connectivity index (χ1v) is 9.96. The molecule has 0 fully saturated rings. The molecule has 3 rings (SSSR count).